The lowest BCUT2D eigenvalue weighted by Crippen LogP contribution is -2.34. The molecule has 8 heteroatoms. The Morgan fingerprint density at radius 2 is 1.67 bits per heavy atom. The molecule has 0 aliphatic heterocycles. The molecule has 24 heavy (non-hydrogen) atoms. The van der Waals surface area contributed by atoms with E-state index in [1.54, 1.807) is 24.3 Å². The van der Waals surface area contributed by atoms with Crippen LogP contribution >= 0.6 is 34.8 Å². The Kier molecular flexibility index (Phi) is 6.15. The summed E-state index contributed by atoms with van der Waals surface area (Å²) < 4.78 is 26.7. The van der Waals surface area contributed by atoms with Crippen molar-refractivity contribution in [1.82, 2.24) is 0 Å². The van der Waals surface area contributed by atoms with Crippen molar-refractivity contribution in [3.63, 3.8) is 0 Å². The van der Waals surface area contributed by atoms with E-state index in [1.807, 2.05) is 6.92 Å². The first-order chi connectivity index (χ1) is 11.3. The summed E-state index contributed by atoms with van der Waals surface area (Å²) in [4.78, 5) is 11.3. The Hall–Kier alpha value is -1.27. The van der Waals surface area contributed by atoms with Gasteiger partial charge in [0.15, 0.2) is 0 Å². The number of hydrogen-bond acceptors (Lipinski definition) is 3. The summed E-state index contributed by atoms with van der Waals surface area (Å²) in [7, 11) is -4.02. The fraction of sp³-hybridized carbons (Fsp3) is 0.188. The van der Waals surface area contributed by atoms with Gasteiger partial charge in [0.05, 0.1) is 20.6 Å². The second-order valence-electron chi connectivity index (χ2n) is 4.96. The number of halogens is 3. The molecule has 2 aromatic carbocycles. The van der Waals surface area contributed by atoms with Crippen LogP contribution < -0.4 is 4.31 Å². The topological polar surface area (TPSA) is 54.5 Å². The van der Waals surface area contributed by atoms with E-state index in [4.69, 9.17) is 34.8 Å². The molecule has 4 nitrogen and oxygen atoms in total. The molecular formula is C16H14Cl3NO3S. The van der Waals surface area contributed by atoms with Crippen LogP contribution in [0.15, 0.2) is 47.4 Å². The van der Waals surface area contributed by atoms with Gasteiger partial charge in [-0.25, -0.2) is 8.42 Å². The third kappa shape index (κ3) is 4.22. The van der Waals surface area contributed by atoms with Crippen LogP contribution in [0.1, 0.15) is 12.5 Å². The monoisotopic (exact) mass is 405 g/mol. The Morgan fingerprint density at radius 3 is 2.17 bits per heavy atom. The number of rotatable bonds is 6. The van der Waals surface area contributed by atoms with Gasteiger partial charge < -0.3 is 0 Å². The van der Waals surface area contributed by atoms with E-state index >= 15 is 0 Å². The molecule has 0 aliphatic carbocycles. The Labute approximate surface area is 156 Å². The number of anilines is 1. The van der Waals surface area contributed by atoms with Crippen molar-refractivity contribution in [2.45, 2.75) is 18.2 Å². The molecule has 0 atom stereocenters. The lowest BCUT2D eigenvalue weighted by atomic mass is 10.1. The van der Waals surface area contributed by atoms with E-state index < -0.39 is 21.8 Å². The average molecular weight is 407 g/mol. The molecule has 0 saturated carbocycles. The van der Waals surface area contributed by atoms with Crippen molar-refractivity contribution in [3.05, 3.63) is 58.1 Å². The summed E-state index contributed by atoms with van der Waals surface area (Å²) in [5.74, 6) is 0. The van der Waals surface area contributed by atoms with Crippen LogP contribution in [0.5, 0.6) is 0 Å². The third-order valence-electron chi connectivity index (χ3n) is 3.38. The maximum absolute atomic E-state index is 12.9. The summed E-state index contributed by atoms with van der Waals surface area (Å²) >= 11 is 17.2. The summed E-state index contributed by atoms with van der Waals surface area (Å²) in [5.41, 5.74) is 1.38. The maximum atomic E-state index is 12.9. The molecule has 0 N–H and O–H groups in total. The van der Waals surface area contributed by atoms with Gasteiger partial charge in [0.1, 0.15) is 6.54 Å². The molecule has 2 aromatic rings. The van der Waals surface area contributed by atoms with E-state index in [0.29, 0.717) is 5.69 Å². The second-order valence-corrected chi connectivity index (χ2v) is 8.06. The lowest BCUT2D eigenvalue weighted by molar-refractivity contribution is -0.110. The van der Waals surface area contributed by atoms with Crippen LogP contribution in [0, 0.1) is 0 Å². The van der Waals surface area contributed by atoms with E-state index in [1.165, 1.54) is 18.2 Å². The fourth-order valence-electron chi connectivity index (χ4n) is 2.09. The van der Waals surface area contributed by atoms with Crippen LogP contribution in [0.4, 0.5) is 5.69 Å². The number of sulfonamides is 1. The molecule has 0 fully saturated rings. The van der Waals surface area contributed by atoms with Gasteiger partial charge in [0.2, 0.25) is 5.24 Å². The van der Waals surface area contributed by atoms with Crippen LogP contribution in [-0.2, 0) is 21.2 Å². The first kappa shape index (κ1) is 19.1. The first-order valence-electron chi connectivity index (χ1n) is 7.00. The first-order valence-corrected chi connectivity index (χ1v) is 9.58. The largest absolute Gasteiger partial charge is 0.279 e. The van der Waals surface area contributed by atoms with Crippen molar-refractivity contribution < 1.29 is 13.2 Å². The highest BCUT2D eigenvalue weighted by Gasteiger charge is 2.27. The van der Waals surface area contributed by atoms with E-state index in [-0.39, 0.29) is 14.9 Å². The van der Waals surface area contributed by atoms with Gasteiger partial charge in [-0.15, -0.1) is 0 Å². The van der Waals surface area contributed by atoms with Crippen LogP contribution in [0.25, 0.3) is 0 Å². The van der Waals surface area contributed by atoms with Crippen molar-refractivity contribution in [3.8, 4) is 0 Å². The van der Waals surface area contributed by atoms with Gasteiger partial charge in [-0.05, 0) is 53.9 Å². The van der Waals surface area contributed by atoms with Gasteiger partial charge >= 0.3 is 0 Å². The highest BCUT2D eigenvalue weighted by molar-refractivity contribution is 7.92. The van der Waals surface area contributed by atoms with Crippen molar-refractivity contribution >= 4 is 55.8 Å². The molecule has 0 heterocycles. The Bertz CT molecular complexity index is 851. The molecule has 0 aromatic heterocycles. The highest BCUT2D eigenvalue weighted by Crippen LogP contribution is 2.29. The standard InChI is InChI=1S/C16H14Cl3NO3S/c1-2-11-3-5-12(6-4-11)20(10-16(19)21)24(22,23)13-7-8-14(17)15(18)9-13/h3-9H,2,10H2,1H3. The van der Waals surface area contributed by atoms with Crippen molar-refractivity contribution in [1.29, 1.82) is 0 Å². The zero-order valence-corrected chi connectivity index (χ0v) is 15.8. The molecule has 0 aliphatic rings. The molecule has 0 amide bonds. The molecular weight excluding hydrogens is 393 g/mol. The SMILES string of the molecule is CCc1ccc(N(CC(=O)Cl)S(=O)(=O)c2ccc(Cl)c(Cl)c2)cc1. The molecule has 0 unspecified atom stereocenters. The predicted molar refractivity (Wildman–Crippen MR) is 97.7 cm³/mol. The summed E-state index contributed by atoms with van der Waals surface area (Å²) in [6, 6.07) is 10.8. The number of aryl methyl sites for hydroxylation is 1. The Balaban J connectivity index is 2.52. The number of carbonyl (C=O) groups excluding carboxylic acids is 1. The molecule has 2 rings (SSSR count). The van der Waals surface area contributed by atoms with Crippen LogP contribution in [-0.4, -0.2) is 20.2 Å². The van der Waals surface area contributed by atoms with E-state index in [0.717, 1.165) is 16.3 Å². The van der Waals surface area contributed by atoms with Gasteiger partial charge in [-0.3, -0.25) is 9.10 Å². The minimum atomic E-state index is -4.02. The van der Waals surface area contributed by atoms with Gasteiger partial charge in [-0.1, -0.05) is 42.3 Å². The zero-order valence-electron chi connectivity index (χ0n) is 12.7. The molecule has 128 valence electrons. The number of benzene rings is 2. The molecule has 0 saturated heterocycles. The zero-order chi connectivity index (χ0) is 17.9. The fourth-order valence-corrected chi connectivity index (χ4v) is 4.09. The number of carbonyl (C=O) groups is 1. The molecule has 0 spiro atoms. The minimum absolute atomic E-state index is 0.0746. The van der Waals surface area contributed by atoms with Crippen molar-refractivity contribution in [2.24, 2.45) is 0 Å². The third-order valence-corrected chi connectivity index (χ3v) is 6.01. The summed E-state index contributed by atoms with van der Waals surface area (Å²) in [6.45, 7) is 1.50. The predicted octanol–water partition coefficient (Wildman–Crippen LogP) is 4.52. The highest BCUT2D eigenvalue weighted by atomic mass is 35.5. The Morgan fingerprint density at radius 1 is 1.04 bits per heavy atom. The van der Waals surface area contributed by atoms with Crippen LogP contribution in [0.3, 0.4) is 0 Å². The lowest BCUT2D eigenvalue weighted by Gasteiger charge is -2.23. The van der Waals surface area contributed by atoms with Crippen LogP contribution in [0.2, 0.25) is 10.0 Å². The van der Waals surface area contributed by atoms with Crippen molar-refractivity contribution in [2.75, 3.05) is 10.8 Å². The molecule has 0 bridgehead atoms. The minimum Gasteiger partial charge on any atom is -0.279 e. The number of nitrogens with zero attached hydrogens (tertiary/aromatic N) is 1. The second kappa shape index (κ2) is 7.74. The quantitative estimate of drug-likeness (QED) is 0.663. The normalized spacial score (nSPS) is 11.3. The smallest absolute Gasteiger partial charge is 0.264 e. The summed E-state index contributed by atoms with van der Waals surface area (Å²) in [6.07, 6.45) is 0.814. The summed E-state index contributed by atoms with van der Waals surface area (Å²) in [5, 5.41) is -0.447. The average Bonchev–Trinajstić information content (AvgIpc) is 2.55. The van der Waals surface area contributed by atoms with Gasteiger partial charge in [0, 0.05) is 0 Å². The van der Waals surface area contributed by atoms with E-state index in [2.05, 4.69) is 0 Å². The van der Waals surface area contributed by atoms with Gasteiger partial charge in [0.25, 0.3) is 10.0 Å². The molecule has 0 radical (unpaired) electrons. The van der Waals surface area contributed by atoms with Gasteiger partial charge in [-0.2, -0.15) is 0 Å². The van der Waals surface area contributed by atoms with E-state index in [9.17, 15) is 13.2 Å². The number of hydrogen-bond donors (Lipinski definition) is 0. The maximum Gasteiger partial charge on any atom is 0.264 e.